The van der Waals surface area contributed by atoms with Crippen molar-refractivity contribution in [3.05, 3.63) is 136 Å². The third-order valence-corrected chi connectivity index (χ3v) is 6.96. The number of rotatable bonds is 9. The molecule has 1 saturated carbocycles. The minimum absolute atomic E-state index is 0. The van der Waals surface area contributed by atoms with Gasteiger partial charge < -0.3 is 4.74 Å². The van der Waals surface area contributed by atoms with Crippen LogP contribution in [0.15, 0.2) is 89.8 Å². The summed E-state index contributed by atoms with van der Waals surface area (Å²) in [5.41, 5.74) is 0.135. The van der Waals surface area contributed by atoms with Crippen LogP contribution in [0.5, 0.6) is 5.75 Å². The smallest absolute Gasteiger partial charge is 0 e. The van der Waals surface area contributed by atoms with Gasteiger partial charge in [-0.25, -0.2) is 0 Å². The molecular weight excluding hydrogens is 742 g/mol. The Morgan fingerprint density at radius 3 is 1.63 bits per heavy atom. The molecular formula is C36H26Co2O10S. The van der Waals surface area contributed by atoms with Gasteiger partial charge >= 0.3 is 67.8 Å². The van der Waals surface area contributed by atoms with Gasteiger partial charge in [0.25, 0.3) is 0 Å². The van der Waals surface area contributed by atoms with E-state index in [-0.39, 0.29) is 57.3 Å². The predicted octanol–water partition coefficient (Wildman–Crippen LogP) is 6.06. The Balaban J connectivity index is -0.000000417. The van der Waals surface area contributed by atoms with Crippen LogP contribution >= 0.6 is 11.8 Å². The maximum Gasteiger partial charge on any atom is 0 e. The Labute approximate surface area is 310 Å². The number of carbonyl (C=O) groups is 3. The molecule has 3 aromatic rings. The Morgan fingerprint density at radius 2 is 1.12 bits per heavy atom. The summed E-state index contributed by atoms with van der Waals surface area (Å²) in [6.07, 6.45) is 2.08. The van der Waals surface area contributed by atoms with E-state index in [0.717, 1.165) is 23.3 Å². The van der Waals surface area contributed by atoms with Crippen LogP contribution in [0.2, 0.25) is 0 Å². The molecule has 2 radical (unpaired) electrons. The molecule has 0 amide bonds. The van der Waals surface area contributed by atoms with Gasteiger partial charge in [0.05, 0.1) is 12.0 Å². The molecule has 1 fully saturated rings. The number of benzene rings is 3. The van der Waals surface area contributed by atoms with Gasteiger partial charge in [-0.15, -0.1) is 0 Å². The van der Waals surface area contributed by atoms with E-state index >= 15 is 0 Å². The van der Waals surface area contributed by atoms with Gasteiger partial charge in [0.2, 0.25) is 5.78 Å². The molecule has 0 atom stereocenters. The number of ketones is 3. The molecule has 0 N–H and O–H groups in total. The fraction of sp³-hybridized carbons (Fsp3) is 0.194. The van der Waals surface area contributed by atoms with Crippen LogP contribution in [0.25, 0.3) is 0 Å². The number of hydrogen-bond acceptors (Lipinski definition) is 5. The molecule has 0 aliphatic heterocycles. The van der Waals surface area contributed by atoms with Crippen LogP contribution in [0.3, 0.4) is 0 Å². The maximum atomic E-state index is 13.4. The summed E-state index contributed by atoms with van der Waals surface area (Å²) in [7, 11) is 0. The van der Waals surface area contributed by atoms with Gasteiger partial charge in [-0.2, -0.15) is 0 Å². The second-order valence-corrected chi connectivity index (χ2v) is 9.43. The molecule has 4 rings (SSSR count). The van der Waals surface area contributed by atoms with Crippen LogP contribution in [-0.2, 0) is 77.7 Å². The third kappa shape index (κ3) is 19.4. The van der Waals surface area contributed by atoms with E-state index in [2.05, 4.69) is 51.1 Å². The average molecular weight is 769 g/mol. The molecule has 0 spiro atoms. The third-order valence-electron chi connectivity index (χ3n) is 6.25. The van der Waals surface area contributed by atoms with Crippen molar-refractivity contribution in [3.8, 4) is 16.9 Å². The van der Waals surface area contributed by atoms with Crippen molar-refractivity contribution in [2.75, 3.05) is 0 Å². The molecule has 0 bridgehead atoms. The van der Waals surface area contributed by atoms with Crippen molar-refractivity contribution in [1.82, 2.24) is 0 Å². The van der Waals surface area contributed by atoms with Crippen LogP contribution in [0, 0.1) is 56.5 Å². The maximum absolute atomic E-state index is 13.4. The van der Waals surface area contributed by atoms with E-state index < -0.39 is 5.41 Å². The molecule has 0 unspecified atom stereocenters. The van der Waals surface area contributed by atoms with E-state index in [1.165, 1.54) is 11.8 Å². The van der Waals surface area contributed by atoms with Crippen molar-refractivity contribution in [1.29, 1.82) is 0 Å². The Hall–Kier alpha value is -4.17. The first-order chi connectivity index (χ1) is 23.1. The summed E-state index contributed by atoms with van der Waals surface area (Å²) in [4.78, 5) is 40.5. The van der Waals surface area contributed by atoms with Crippen molar-refractivity contribution in [2.24, 2.45) is 5.41 Å². The summed E-state index contributed by atoms with van der Waals surface area (Å²) in [6, 6.07) is 26.1. The summed E-state index contributed by atoms with van der Waals surface area (Å²) < 4.78 is 50.9. The van der Waals surface area contributed by atoms with Crippen LogP contribution in [0.4, 0.5) is 0 Å². The predicted molar refractivity (Wildman–Crippen MR) is 161 cm³/mol. The second kappa shape index (κ2) is 36.7. The number of ether oxygens (including phenoxy) is 1. The molecule has 254 valence electrons. The zero-order valence-corrected chi connectivity index (χ0v) is 28.4. The average Bonchev–Trinajstić information content (AvgIpc) is 3.68. The van der Waals surface area contributed by atoms with Crippen LogP contribution < -0.4 is 4.74 Å². The van der Waals surface area contributed by atoms with Gasteiger partial charge in [0.15, 0.2) is 11.6 Å². The van der Waals surface area contributed by atoms with E-state index in [1.54, 1.807) is 24.3 Å². The second-order valence-electron chi connectivity index (χ2n) is 8.55. The number of Topliss-reactive ketones (excluding diaryl/α,β-unsaturated/α-hetero) is 3. The molecule has 0 aromatic heterocycles. The largest absolute Gasteiger partial charge is 0 e. The van der Waals surface area contributed by atoms with E-state index in [9.17, 15) is 14.4 Å². The molecule has 10 nitrogen and oxygen atoms in total. The fourth-order valence-corrected chi connectivity index (χ4v) is 4.87. The van der Waals surface area contributed by atoms with Gasteiger partial charge in [-0.1, -0.05) is 73.5 Å². The Kier molecular flexibility index (Phi) is 40.6. The summed E-state index contributed by atoms with van der Waals surface area (Å²) in [5, 5.41) is 2.84. The summed E-state index contributed by atoms with van der Waals surface area (Å²) in [6.45, 7) is 27.3. The first-order valence-electron chi connectivity index (χ1n) is 12.9. The van der Waals surface area contributed by atoms with Crippen LogP contribution in [0.1, 0.15) is 48.0 Å². The van der Waals surface area contributed by atoms with Crippen LogP contribution in [-0.4, -0.2) is 17.3 Å². The first-order valence-corrected chi connectivity index (χ1v) is 13.7. The SMILES string of the molecule is O=C(CC(=O)C1(C(=O)C#CSc2ccccc2)CCCC1)c1ccccc1OCc1ccccc1.[C-]#[O+].[C-]#[O+].[C-]#[O+].[C-]#[O+].[C-]#[O+].[C-]#[O+].[Co].[Co]. The van der Waals surface area contributed by atoms with E-state index in [0.29, 0.717) is 30.8 Å². The minimum atomic E-state index is -1.19. The van der Waals surface area contributed by atoms with E-state index in [1.807, 2.05) is 60.7 Å². The van der Waals surface area contributed by atoms with Gasteiger partial charge in [0.1, 0.15) is 17.8 Å². The number of carbonyl (C=O) groups excluding carboxylic acids is 3. The van der Waals surface area contributed by atoms with Crippen molar-refractivity contribution >= 4 is 29.1 Å². The Morgan fingerprint density at radius 1 is 0.673 bits per heavy atom. The fourth-order valence-electron chi connectivity index (χ4n) is 4.32. The Bertz CT molecular complexity index is 1500. The zero-order chi connectivity index (χ0) is 36.5. The molecule has 1 aliphatic rings. The van der Waals surface area contributed by atoms with Gasteiger partial charge in [-0.3, -0.25) is 14.4 Å². The standard InChI is InChI=1S/C30H26O4S.6CO.2Co/c31-26(25-15-7-8-16-27(25)34-22-23-11-3-1-4-12-23)21-29(33)30(18-9-10-19-30)28(32)17-20-35-24-13-5-2-6-14-24;6*1-2;;/h1-8,11-16H,9-10,18-19,21-22H2;;;;;;;;. The van der Waals surface area contributed by atoms with Crippen molar-refractivity contribution < 1.29 is 80.6 Å². The normalized spacial score (nSPS) is 10.2. The molecule has 13 heteroatoms. The van der Waals surface area contributed by atoms with Gasteiger partial charge in [0, 0.05) is 38.5 Å². The molecule has 0 heterocycles. The molecule has 3 aromatic carbocycles. The van der Waals surface area contributed by atoms with E-state index in [4.69, 9.17) is 32.6 Å². The van der Waals surface area contributed by atoms with Gasteiger partial charge in [-0.05, 0) is 65.6 Å². The number of thioether (sulfide) groups is 1. The molecule has 0 saturated heterocycles. The quantitative estimate of drug-likeness (QED) is 0.0640. The first kappa shape index (κ1) is 54.3. The monoisotopic (exact) mass is 768 g/mol. The summed E-state index contributed by atoms with van der Waals surface area (Å²) in [5.74, 6) is 2.03. The number of hydrogen-bond donors (Lipinski definition) is 0. The molecule has 49 heavy (non-hydrogen) atoms. The minimum Gasteiger partial charge on any atom is 0 e. The molecule has 1 aliphatic carbocycles. The topological polar surface area (TPSA) is 180 Å². The van der Waals surface area contributed by atoms with Crippen molar-refractivity contribution in [2.45, 2.75) is 43.6 Å². The zero-order valence-electron chi connectivity index (χ0n) is 25.5. The summed E-state index contributed by atoms with van der Waals surface area (Å²) >= 11 is 1.26. The van der Waals surface area contributed by atoms with Crippen molar-refractivity contribution in [3.63, 3.8) is 0 Å². The number of para-hydroxylation sites is 1.